The molecule has 3 rings (SSSR count). The number of hydrogen-bond acceptors (Lipinski definition) is 2. The van der Waals surface area contributed by atoms with Gasteiger partial charge in [-0.05, 0) is 36.8 Å². The lowest BCUT2D eigenvalue weighted by Gasteiger charge is -2.12. The molecule has 1 aromatic rings. The van der Waals surface area contributed by atoms with Gasteiger partial charge in [0.2, 0.25) is 5.43 Å². The summed E-state index contributed by atoms with van der Waals surface area (Å²) in [5, 5.41) is 9.65. The van der Waals surface area contributed by atoms with Crippen LogP contribution in [0.25, 0.3) is 16.6 Å². The van der Waals surface area contributed by atoms with E-state index < -0.39 is 0 Å². The number of pyridine rings is 2. The third-order valence-electron chi connectivity index (χ3n) is 3.08. The molecule has 2 heterocycles. The largest absolute Gasteiger partial charge is 0.504 e. The van der Waals surface area contributed by atoms with Crippen molar-refractivity contribution in [3.63, 3.8) is 0 Å². The van der Waals surface area contributed by atoms with Crippen LogP contribution in [0, 0.1) is 6.92 Å². The second-order valence-electron chi connectivity index (χ2n) is 4.16. The Morgan fingerprint density at radius 2 is 2.06 bits per heavy atom. The van der Waals surface area contributed by atoms with Crippen LogP contribution in [0.5, 0.6) is 5.75 Å². The van der Waals surface area contributed by atoms with Crippen LogP contribution in [0.3, 0.4) is 0 Å². The minimum Gasteiger partial charge on any atom is -0.504 e. The molecule has 0 bridgehead atoms. The quantitative estimate of drug-likeness (QED) is 0.597. The second-order valence-corrected chi connectivity index (χ2v) is 4.16. The average Bonchev–Trinajstić information content (AvgIpc) is 2.34. The Hall–Kier alpha value is -2.29. The lowest BCUT2D eigenvalue weighted by molar-refractivity contribution is 0.466. The number of hydrogen-bond donors (Lipinski definition) is 1. The molecule has 17 heavy (non-hydrogen) atoms. The van der Waals surface area contributed by atoms with Crippen LogP contribution in [-0.2, 0) is 0 Å². The zero-order valence-electron chi connectivity index (χ0n) is 9.34. The van der Waals surface area contributed by atoms with Gasteiger partial charge in [-0.3, -0.25) is 4.79 Å². The smallest absolute Gasteiger partial charge is 0.221 e. The maximum atomic E-state index is 11.5. The summed E-state index contributed by atoms with van der Waals surface area (Å²) in [6.45, 7) is 1.76. The van der Waals surface area contributed by atoms with Crippen LogP contribution < -0.4 is 5.43 Å². The molecule has 0 amide bonds. The number of aromatic nitrogens is 1. The van der Waals surface area contributed by atoms with Gasteiger partial charge in [0, 0.05) is 29.0 Å². The third kappa shape index (κ3) is 1.40. The van der Waals surface area contributed by atoms with Crippen LogP contribution >= 0.6 is 0 Å². The highest BCUT2D eigenvalue weighted by atomic mass is 16.3. The van der Waals surface area contributed by atoms with E-state index in [0.29, 0.717) is 5.56 Å². The minimum absolute atomic E-state index is 0.159. The Labute approximate surface area is 97.9 Å². The summed E-state index contributed by atoms with van der Waals surface area (Å²) in [5.41, 5.74) is 3.08. The van der Waals surface area contributed by atoms with E-state index in [-0.39, 0.29) is 11.2 Å². The Kier molecular flexibility index (Phi) is 1.95. The SMILES string of the molecule is Cc1c2cn3ccccc3cc-2cc(=O)c1O. The molecule has 0 aromatic carbocycles. The molecule has 0 saturated heterocycles. The van der Waals surface area contributed by atoms with E-state index >= 15 is 0 Å². The molecule has 0 spiro atoms. The Morgan fingerprint density at radius 1 is 1.24 bits per heavy atom. The fourth-order valence-corrected chi connectivity index (χ4v) is 2.11. The van der Waals surface area contributed by atoms with Gasteiger partial charge in [0.15, 0.2) is 5.75 Å². The second kappa shape index (κ2) is 3.35. The van der Waals surface area contributed by atoms with Gasteiger partial charge in [0.05, 0.1) is 0 Å². The van der Waals surface area contributed by atoms with Crippen LogP contribution in [0.4, 0.5) is 0 Å². The summed E-state index contributed by atoms with van der Waals surface area (Å²) in [4.78, 5) is 11.5. The van der Waals surface area contributed by atoms with E-state index in [4.69, 9.17) is 0 Å². The fraction of sp³-hybridized carbons (Fsp3) is 0.0714. The molecular formula is C14H11NO2. The molecule has 0 radical (unpaired) electrons. The highest BCUT2D eigenvalue weighted by molar-refractivity contribution is 5.75. The molecule has 0 unspecified atom stereocenters. The number of rotatable bonds is 0. The minimum atomic E-state index is -0.324. The van der Waals surface area contributed by atoms with Crippen molar-refractivity contribution in [3.8, 4) is 16.9 Å². The van der Waals surface area contributed by atoms with E-state index in [2.05, 4.69) is 0 Å². The molecule has 0 saturated carbocycles. The predicted molar refractivity (Wildman–Crippen MR) is 66.7 cm³/mol. The van der Waals surface area contributed by atoms with Gasteiger partial charge in [0.25, 0.3) is 0 Å². The van der Waals surface area contributed by atoms with Gasteiger partial charge >= 0.3 is 0 Å². The maximum Gasteiger partial charge on any atom is 0.221 e. The molecule has 3 heteroatoms. The summed E-state index contributed by atoms with van der Waals surface area (Å²) in [6, 6.07) is 9.29. The van der Waals surface area contributed by atoms with Gasteiger partial charge in [-0.2, -0.15) is 0 Å². The first-order chi connectivity index (χ1) is 8.16. The Morgan fingerprint density at radius 3 is 2.88 bits per heavy atom. The van der Waals surface area contributed by atoms with Crippen molar-refractivity contribution >= 4 is 5.52 Å². The van der Waals surface area contributed by atoms with Crippen LogP contribution in [0.2, 0.25) is 0 Å². The molecule has 1 N–H and O–H groups in total. The number of benzene rings is 1. The number of aromatic hydroxyl groups is 1. The van der Waals surface area contributed by atoms with Gasteiger partial charge < -0.3 is 9.51 Å². The fourth-order valence-electron chi connectivity index (χ4n) is 2.11. The van der Waals surface area contributed by atoms with Crippen LogP contribution in [0.1, 0.15) is 5.56 Å². The summed E-state index contributed by atoms with van der Waals surface area (Å²) in [7, 11) is 0. The Balaban J connectivity index is 2.53. The standard InChI is InChI=1S/C14H11NO2/c1-9-12-8-15-5-3-2-4-11(15)6-10(12)7-13(16)14(9)17/h2-8,17H,1H3. The van der Waals surface area contributed by atoms with Gasteiger partial charge in [0.1, 0.15) is 0 Å². The number of phenols is 1. The monoisotopic (exact) mass is 225 g/mol. The topological polar surface area (TPSA) is 41.7 Å². The third-order valence-corrected chi connectivity index (χ3v) is 3.08. The molecule has 3 nitrogen and oxygen atoms in total. The Bertz CT molecular complexity index is 743. The number of nitrogens with zero attached hydrogens (tertiary/aromatic N) is 1. The van der Waals surface area contributed by atoms with E-state index in [1.165, 1.54) is 6.07 Å². The maximum absolute atomic E-state index is 11.5. The summed E-state index contributed by atoms with van der Waals surface area (Å²) in [6.07, 6.45) is 3.87. The van der Waals surface area contributed by atoms with E-state index in [0.717, 1.165) is 16.6 Å². The lowest BCUT2D eigenvalue weighted by Crippen LogP contribution is -2.04. The highest BCUT2D eigenvalue weighted by Crippen LogP contribution is 2.29. The first-order valence-electron chi connectivity index (χ1n) is 5.40. The number of phenolic OH excluding ortho intramolecular Hbond substituents is 1. The van der Waals surface area contributed by atoms with Crippen LogP contribution in [0.15, 0.2) is 47.5 Å². The van der Waals surface area contributed by atoms with Crippen molar-refractivity contribution in [3.05, 3.63) is 58.5 Å². The summed E-state index contributed by atoms with van der Waals surface area (Å²) < 4.78 is 1.97. The van der Waals surface area contributed by atoms with Crippen molar-refractivity contribution in [2.45, 2.75) is 6.92 Å². The van der Waals surface area contributed by atoms with Crippen molar-refractivity contribution in [1.29, 1.82) is 0 Å². The van der Waals surface area contributed by atoms with Gasteiger partial charge in [-0.1, -0.05) is 6.07 Å². The predicted octanol–water partition coefficient (Wildman–Crippen LogP) is 2.42. The average molecular weight is 225 g/mol. The van der Waals surface area contributed by atoms with Crippen molar-refractivity contribution in [2.75, 3.05) is 0 Å². The number of fused-ring (bicyclic) bond motifs is 2. The zero-order valence-corrected chi connectivity index (χ0v) is 9.34. The van der Waals surface area contributed by atoms with Crippen molar-refractivity contribution in [2.24, 2.45) is 0 Å². The first kappa shape index (κ1) is 9.90. The van der Waals surface area contributed by atoms with Crippen LogP contribution in [-0.4, -0.2) is 9.51 Å². The molecule has 0 fully saturated rings. The van der Waals surface area contributed by atoms with E-state index in [9.17, 15) is 9.90 Å². The van der Waals surface area contributed by atoms with E-state index in [1.807, 2.05) is 41.1 Å². The lowest BCUT2D eigenvalue weighted by atomic mass is 9.99. The summed E-state index contributed by atoms with van der Waals surface area (Å²) in [5.74, 6) is -0.159. The van der Waals surface area contributed by atoms with Crippen molar-refractivity contribution in [1.82, 2.24) is 4.40 Å². The highest BCUT2D eigenvalue weighted by Gasteiger charge is 2.12. The van der Waals surface area contributed by atoms with Crippen molar-refractivity contribution < 1.29 is 5.11 Å². The molecule has 1 aliphatic heterocycles. The summed E-state index contributed by atoms with van der Waals surface area (Å²) >= 11 is 0. The first-order valence-corrected chi connectivity index (χ1v) is 5.40. The molecule has 84 valence electrons. The van der Waals surface area contributed by atoms with Gasteiger partial charge in [-0.15, -0.1) is 0 Å². The molecule has 2 aliphatic rings. The molecule has 0 atom stereocenters. The molecule has 1 aliphatic carbocycles. The molecular weight excluding hydrogens is 214 g/mol. The zero-order chi connectivity index (χ0) is 12.0. The van der Waals surface area contributed by atoms with Gasteiger partial charge in [-0.25, -0.2) is 0 Å². The van der Waals surface area contributed by atoms with E-state index in [1.54, 1.807) is 6.92 Å². The molecule has 1 aromatic heterocycles. The normalized spacial score (nSPS) is 11.1.